The number of nitrogens with zero attached hydrogens (tertiary/aromatic N) is 3. The molecule has 1 unspecified atom stereocenters. The van der Waals surface area contributed by atoms with Gasteiger partial charge in [0.15, 0.2) is 0 Å². The topological polar surface area (TPSA) is 47.9 Å². The van der Waals surface area contributed by atoms with E-state index >= 15 is 0 Å². The van der Waals surface area contributed by atoms with Crippen molar-refractivity contribution < 1.29 is 4.79 Å². The van der Waals surface area contributed by atoms with Crippen molar-refractivity contribution in [2.75, 3.05) is 20.1 Å². The molecule has 0 bridgehead atoms. The molecule has 1 N–H and O–H groups in total. The van der Waals surface area contributed by atoms with Crippen LogP contribution in [0.4, 0.5) is 0 Å². The Bertz CT molecular complexity index is 844. The average Bonchev–Trinajstić information content (AvgIpc) is 3.47. The van der Waals surface area contributed by atoms with Crippen LogP contribution in [-0.4, -0.2) is 48.2 Å². The highest BCUT2D eigenvalue weighted by Crippen LogP contribution is 2.25. The van der Waals surface area contributed by atoms with Crippen molar-refractivity contribution in [3.63, 3.8) is 0 Å². The maximum absolute atomic E-state index is 10.8. The predicted octanol–water partition coefficient (Wildman–Crippen LogP) is 6.44. The molecule has 1 saturated heterocycles. The molecule has 182 valence electrons. The number of likely N-dealkylation sites (N-methyl/N-ethyl adjacent to an activating group) is 1. The van der Waals surface area contributed by atoms with Gasteiger partial charge in [0, 0.05) is 47.7 Å². The number of carbonyl (C=O) groups excluding carboxylic acids is 1. The van der Waals surface area contributed by atoms with Crippen LogP contribution in [0.3, 0.4) is 0 Å². The zero-order valence-electron chi connectivity index (χ0n) is 20.6. The summed E-state index contributed by atoms with van der Waals surface area (Å²) >= 11 is 11.8. The number of nitrogens with one attached hydrogen (secondary N) is 1. The van der Waals surface area contributed by atoms with Gasteiger partial charge >= 0.3 is 0 Å². The van der Waals surface area contributed by atoms with Gasteiger partial charge in [0.2, 0.25) is 6.41 Å². The van der Waals surface area contributed by atoms with Crippen LogP contribution in [0.2, 0.25) is 10.0 Å². The zero-order chi connectivity index (χ0) is 24.8. The quantitative estimate of drug-likeness (QED) is 0.464. The molecule has 2 heterocycles. The van der Waals surface area contributed by atoms with E-state index in [0.29, 0.717) is 6.04 Å². The number of hydrogen-bond donors (Lipinski definition) is 1. The summed E-state index contributed by atoms with van der Waals surface area (Å²) in [6, 6.07) is 5.91. The number of amidine groups is 1. The van der Waals surface area contributed by atoms with Crippen LogP contribution in [-0.2, 0) is 11.2 Å². The molecule has 1 aromatic carbocycles. The van der Waals surface area contributed by atoms with E-state index in [-0.39, 0.29) is 0 Å². The molecular weight excluding hydrogens is 455 g/mol. The van der Waals surface area contributed by atoms with Gasteiger partial charge in [-0.2, -0.15) is 0 Å². The van der Waals surface area contributed by atoms with Gasteiger partial charge < -0.3 is 15.1 Å². The first-order chi connectivity index (χ1) is 15.8. The molecule has 1 aromatic rings. The van der Waals surface area contributed by atoms with Gasteiger partial charge in [-0.3, -0.25) is 4.79 Å². The number of hydrogen-bond acceptors (Lipinski definition) is 4. The lowest BCUT2D eigenvalue weighted by atomic mass is 10.1. The van der Waals surface area contributed by atoms with E-state index in [2.05, 4.69) is 49.5 Å². The van der Waals surface area contributed by atoms with E-state index in [1.165, 1.54) is 12.1 Å². The third kappa shape index (κ3) is 8.90. The molecule has 3 rings (SSSR count). The van der Waals surface area contributed by atoms with Gasteiger partial charge in [-0.25, -0.2) is 4.99 Å². The summed E-state index contributed by atoms with van der Waals surface area (Å²) in [5.74, 6) is 0.833. The molecule has 7 heteroatoms. The van der Waals surface area contributed by atoms with Crippen molar-refractivity contribution in [1.82, 2.24) is 15.1 Å². The van der Waals surface area contributed by atoms with Crippen LogP contribution in [0, 0.1) is 0 Å². The van der Waals surface area contributed by atoms with Crippen LogP contribution in [0.1, 0.15) is 52.5 Å². The van der Waals surface area contributed by atoms with Gasteiger partial charge in [-0.15, -0.1) is 0 Å². The van der Waals surface area contributed by atoms with E-state index in [9.17, 15) is 4.79 Å². The lowest BCUT2D eigenvalue weighted by Crippen LogP contribution is -2.33. The first kappa shape index (κ1) is 28.8. The third-order valence-corrected chi connectivity index (χ3v) is 5.98. The largest absolute Gasteiger partial charge is 0.372 e. The number of benzene rings is 1. The molecule has 33 heavy (non-hydrogen) atoms. The third-order valence-electron chi connectivity index (χ3n) is 5.27. The monoisotopic (exact) mass is 492 g/mol. The van der Waals surface area contributed by atoms with Crippen molar-refractivity contribution >= 4 is 35.4 Å². The van der Waals surface area contributed by atoms with E-state index < -0.39 is 0 Å². The minimum atomic E-state index is 0.297. The Hall–Kier alpha value is -2.24. The number of rotatable bonds is 6. The molecule has 2 aliphatic rings. The van der Waals surface area contributed by atoms with Crippen LogP contribution >= 0.6 is 23.2 Å². The molecule has 0 aliphatic carbocycles. The molecule has 0 saturated carbocycles. The maximum atomic E-state index is 10.8. The summed E-state index contributed by atoms with van der Waals surface area (Å²) < 4.78 is 0. The second-order valence-corrected chi connectivity index (χ2v) is 8.77. The van der Waals surface area contributed by atoms with Gasteiger partial charge in [0.1, 0.15) is 5.84 Å². The predicted molar refractivity (Wildman–Crippen MR) is 143 cm³/mol. The average molecular weight is 494 g/mol. The number of halogens is 2. The summed E-state index contributed by atoms with van der Waals surface area (Å²) in [6.07, 6.45) is 10.6. The highest BCUT2D eigenvalue weighted by molar-refractivity contribution is 6.35. The van der Waals surface area contributed by atoms with Gasteiger partial charge in [0.25, 0.3) is 0 Å². The normalized spacial score (nSPS) is 17.8. The van der Waals surface area contributed by atoms with E-state index in [1.54, 1.807) is 17.3 Å². The van der Waals surface area contributed by atoms with Crippen molar-refractivity contribution in [3.8, 4) is 0 Å². The van der Waals surface area contributed by atoms with Crippen LogP contribution < -0.4 is 5.32 Å². The van der Waals surface area contributed by atoms with Crippen LogP contribution in [0.15, 0.2) is 59.5 Å². The minimum absolute atomic E-state index is 0.297. The van der Waals surface area contributed by atoms with Gasteiger partial charge in [-0.1, -0.05) is 69.5 Å². The second-order valence-electron chi connectivity index (χ2n) is 7.96. The summed E-state index contributed by atoms with van der Waals surface area (Å²) in [5, 5.41) is 4.60. The number of aliphatic imine (C=N–C) groups is 1. The fourth-order valence-electron chi connectivity index (χ4n) is 3.49. The van der Waals surface area contributed by atoms with E-state index in [4.69, 9.17) is 23.2 Å². The van der Waals surface area contributed by atoms with Crippen LogP contribution in [0.5, 0.6) is 0 Å². The number of likely N-dealkylation sites (tertiary alicyclic amines) is 1. The first-order valence-electron chi connectivity index (χ1n) is 11.5. The summed E-state index contributed by atoms with van der Waals surface area (Å²) in [7, 11) is 1.84. The Labute approximate surface area is 209 Å². The minimum Gasteiger partial charge on any atom is -0.372 e. The lowest BCUT2D eigenvalue weighted by molar-refractivity contribution is -0.118. The standard InChI is InChI=1S/C14H20N4O.C9H10Cl2.C3H8/c1-4-15-14-13(5-7-16-14)11(2)18-8-6-12(9-18)17(3)10-19;1-2-4-7-8(10)5-3-6-9(7)11;1-3-2/h4-5,7,10,12H,1,6,8-9H2,2-3H3,(H,15,16);3,5-6H,2,4H2,1H3;3H2,1-2H3/b13-11+;;. The van der Waals surface area contributed by atoms with Gasteiger partial charge in [-0.05, 0) is 49.7 Å². The number of amides is 1. The lowest BCUT2D eigenvalue weighted by Gasteiger charge is -2.24. The van der Waals surface area contributed by atoms with E-state index in [0.717, 1.165) is 65.8 Å². The molecular formula is C26H38Cl2N4O. The SMILES string of the molecule is C=CNC1=NC=C/C1=C(/C)N1CCC(N(C)C=O)C1.CCC.CCCc1c(Cl)cccc1Cl. The summed E-state index contributed by atoms with van der Waals surface area (Å²) in [6.45, 7) is 14.0. The Kier molecular flexibility index (Phi) is 13.6. The van der Waals surface area contributed by atoms with Crippen molar-refractivity contribution in [1.29, 1.82) is 0 Å². The number of allylic oxidation sites excluding steroid dienone is 1. The van der Waals surface area contributed by atoms with Crippen molar-refractivity contribution in [3.05, 3.63) is 70.1 Å². The second kappa shape index (κ2) is 15.6. The Balaban J connectivity index is 0.000000329. The highest BCUT2D eigenvalue weighted by atomic mass is 35.5. The molecule has 0 radical (unpaired) electrons. The first-order valence-corrected chi connectivity index (χ1v) is 12.3. The van der Waals surface area contributed by atoms with Crippen LogP contribution in [0.25, 0.3) is 0 Å². The number of carbonyl (C=O) groups is 1. The molecule has 2 aliphatic heterocycles. The van der Waals surface area contributed by atoms with Crippen molar-refractivity contribution in [2.24, 2.45) is 4.99 Å². The molecule has 5 nitrogen and oxygen atoms in total. The fraction of sp³-hybridized carbons (Fsp3) is 0.462. The Morgan fingerprint density at radius 3 is 2.48 bits per heavy atom. The molecule has 1 atom stereocenters. The van der Waals surface area contributed by atoms with Crippen molar-refractivity contribution in [2.45, 2.75) is 59.4 Å². The fourth-order valence-corrected chi connectivity index (χ4v) is 4.08. The van der Waals surface area contributed by atoms with Gasteiger partial charge in [0.05, 0.1) is 6.04 Å². The molecule has 1 fully saturated rings. The van der Waals surface area contributed by atoms with E-state index in [1.807, 2.05) is 31.3 Å². The Morgan fingerprint density at radius 1 is 1.30 bits per heavy atom. The molecule has 0 aromatic heterocycles. The zero-order valence-corrected chi connectivity index (χ0v) is 22.1. The Morgan fingerprint density at radius 2 is 1.94 bits per heavy atom. The maximum Gasteiger partial charge on any atom is 0.209 e. The summed E-state index contributed by atoms with van der Waals surface area (Å²) in [5.41, 5.74) is 3.34. The smallest absolute Gasteiger partial charge is 0.209 e. The highest BCUT2D eigenvalue weighted by Gasteiger charge is 2.27. The molecule has 1 amide bonds. The molecule has 0 spiro atoms. The summed E-state index contributed by atoms with van der Waals surface area (Å²) in [4.78, 5) is 19.1.